The zero-order valence-electron chi connectivity index (χ0n) is 15.6. The summed E-state index contributed by atoms with van der Waals surface area (Å²) < 4.78 is 10.6. The monoisotopic (exact) mass is 338 g/mol. The van der Waals surface area contributed by atoms with Gasteiger partial charge in [0.1, 0.15) is 5.76 Å². The molecular formula is C20H34O4. The second-order valence-corrected chi connectivity index (χ2v) is 7.13. The van der Waals surface area contributed by atoms with Crippen LogP contribution in [0.4, 0.5) is 0 Å². The molecule has 0 aromatic rings. The molecule has 1 rings (SSSR count). The molecule has 0 aromatic heterocycles. The van der Waals surface area contributed by atoms with Crippen LogP contribution < -0.4 is 0 Å². The van der Waals surface area contributed by atoms with Crippen molar-refractivity contribution in [1.29, 1.82) is 0 Å². The number of allylic oxidation sites excluding steroid dienone is 2. The molecule has 0 aliphatic carbocycles. The molecule has 0 spiro atoms. The molecule has 0 fully saturated rings. The molecule has 138 valence electrons. The number of aliphatic hydroxyl groups excluding tert-OH is 1. The Hall–Kier alpha value is -1.29. The summed E-state index contributed by atoms with van der Waals surface area (Å²) in [7, 11) is 0. The molecular weight excluding hydrogens is 304 g/mol. The van der Waals surface area contributed by atoms with E-state index in [1.807, 2.05) is 13.0 Å². The van der Waals surface area contributed by atoms with Crippen molar-refractivity contribution in [3.8, 4) is 0 Å². The third-order valence-electron chi connectivity index (χ3n) is 3.99. The summed E-state index contributed by atoms with van der Waals surface area (Å²) in [4.78, 5) is 11.4. The summed E-state index contributed by atoms with van der Waals surface area (Å²) in [6.45, 7) is 5.32. The van der Waals surface area contributed by atoms with Crippen molar-refractivity contribution in [3.63, 3.8) is 0 Å². The zero-order valence-corrected chi connectivity index (χ0v) is 15.6. The summed E-state index contributed by atoms with van der Waals surface area (Å²) in [5, 5.41) is 9.18. The van der Waals surface area contributed by atoms with Gasteiger partial charge in [0.15, 0.2) is 0 Å². The van der Waals surface area contributed by atoms with Gasteiger partial charge in [0.2, 0.25) is 5.79 Å². The van der Waals surface area contributed by atoms with Crippen molar-refractivity contribution >= 4 is 5.97 Å². The average molecular weight is 338 g/mol. The molecule has 0 saturated carbocycles. The van der Waals surface area contributed by atoms with E-state index in [0.717, 1.165) is 19.3 Å². The van der Waals surface area contributed by atoms with Gasteiger partial charge in [-0.05, 0) is 32.3 Å². The number of ether oxygens (including phenoxy) is 2. The largest absolute Gasteiger partial charge is 0.453 e. The van der Waals surface area contributed by atoms with Crippen LogP contribution in [-0.4, -0.2) is 23.0 Å². The molecule has 1 atom stereocenters. The first kappa shape index (κ1) is 20.8. The molecule has 1 unspecified atom stereocenters. The topological polar surface area (TPSA) is 55.8 Å². The van der Waals surface area contributed by atoms with Crippen molar-refractivity contribution in [3.05, 3.63) is 24.0 Å². The summed E-state index contributed by atoms with van der Waals surface area (Å²) in [6.07, 6.45) is 17.1. The number of aliphatic hydroxyl groups is 1. The number of cyclic esters (lactones) is 1. The highest BCUT2D eigenvalue weighted by Gasteiger charge is 2.28. The van der Waals surface area contributed by atoms with Gasteiger partial charge in [-0.15, -0.1) is 0 Å². The molecule has 1 N–H and O–H groups in total. The van der Waals surface area contributed by atoms with Crippen LogP contribution in [0.3, 0.4) is 0 Å². The van der Waals surface area contributed by atoms with Crippen molar-refractivity contribution in [2.75, 3.05) is 0 Å². The maximum absolute atomic E-state index is 11.4. The number of hydrogen-bond donors (Lipinski definition) is 1. The molecule has 24 heavy (non-hydrogen) atoms. The van der Waals surface area contributed by atoms with E-state index in [9.17, 15) is 9.90 Å². The average Bonchev–Trinajstić information content (AvgIpc) is 2.46. The van der Waals surface area contributed by atoms with E-state index >= 15 is 0 Å². The maximum atomic E-state index is 11.4. The quantitative estimate of drug-likeness (QED) is 0.401. The number of esters is 1. The van der Waals surface area contributed by atoms with Gasteiger partial charge in [0, 0.05) is 13.8 Å². The van der Waals surface area contributed by atoms with Crippen LogP contribution >= 0.6 is 0 Å². The Kier molecular flexibility index (Phi) is 9.77. The molecule has 1 aliphatic heterocycles. The van der Waals surface area contributed by atoms with Crippen LogP contribution in [0, 0.1) is 0 Å². The molecule has 0 amide bonds. The first-order valence-corrected chi connectivity index (χ1v) is 9.37. The first-order chi connectivity index (χ1) is 11.4. The Morgan fingerprint density at radius 1 is 1.04 bits per heavy atom. The summed E-state index contributed by atoms with van der Waals surface area (Å²) >= 11 is 0. The van der Waals surface area contributed by atoms with Gasteiger partial charge < -0.3 is 14.6 Å². The molecule has 4 heteroatoms. The lowest BCUT2D eigenvalue weighted by atomic mass is 10.1. The number of hydrogen-bond acceptors (Lipinski definition) is 4. The number of carbonyl (C=O) groups is 1. The summed E-state index contributed by atoms with van der Waals surface area (Å²) in [6, 6.07) is 0. The van der Waals surface area contributed by atoms with Crippen molar-refractivity contribution in [2.45, 2.75) is 96.9 Å². The minimum absolute atomic E-state index is 0.149. The van der Waals surface area contributed by atoms with Crippen LogP contribution in [-0.2, 0) is 14.3 Å². The van der Waals surface area contributed by atoms with Crippen LogP contribution in [0.25, 0.3) is 0 Å². The van der Waals surface area contributed by atoms with E-state index in [0.29, 0.717) is 5.76 Å². The van der Waals surface area contributed by atoms with Gasteiger partial charge in [0.05, 0.1) is 12.2 Å². The normalized spacial score (nSPS) is 18.2. The molecule has 4 nitrogen and oxygen atoms in total. The molecule has 0 saturated heterocycles. The highest BCUT2D eigenvalue weighted by molar-refractivity contribution is 5.83. The molecule has 1 aliphatic rings. The fourth-order valence-corrected chi connectivity index (χ4v) is 2.77. The van der Waals surface area contributed by atoms with Crippen LogP contribution in [0.5, 0.6) is 0 Å². The van der Waals surface area contributed by atoms with Gasteiger partial charge in [0.25, 0.3) is 0 Å². The second kappa shape index (κ2) is 11.3. The van der Waals surface area contributed by atoms with Gasteiger partial charge in [-0.3, -0.25) is 0 Å². The third kappa shape index (κ3) is 10.5. The van der Waals surface area contributed by atoms with Crippen molar-refractivity contribution < 1.29 is 19.4 Å². The minimum atomic E-state index is -0.874. The van der Waals surface area contributed by atoms with Crippen molar-refractivity contribution in [1.82, 2.24) is 0 Å². The van der Waals surface area contributed by atoms with E-state index in [2.05, 4.69) is 6.08 Å². The standard InChI is InChI=1S/C20H34O4/c1-17(21)14-12-10-8-6-4-5-7-9-11-13-15-18-16-19(22)24-20(2,3)23-18/h13,15-17,21H,4-12,14H2,1-3H3/b15-13+. The lowest BCUT2D eigenvalue weighted by molar-refractivity contribution is -0.203. The van der Waals surface area contributed by atoms with Crippen LogP contribution in [0.2, 0.25) is 0 Å². The number of carbonyl (C=O) groups excluding carboxylic acids is 1. The Morgan fingerprint density at radius 2 is 1.62 bits per heavy atom. The molecule has 0 bridgehead atoms. The summed E-state index contributed by atoms with van der Waals surface area (Å²) in [5.41, 5.74) is 0. The number of unbranched alkanes of at least 4 members (excludes halogenated alkanes) is 8. The van der Waals surface area contributed by atoms with E-state index in [1.54, 1.807) is 13.8 Å². The van der Waals surface area contributed by atoms with Gasteiger partial charge in [-0.1, -0.05) is 51.0 Å². The lowest BCUT2D eigenvalue weighted by Crippen LogP contribution is -2.33. The van der Waals surface area contributed by atoms with E-state index < -0.39 is 5.79 Å². The van der Waals surface area contributed by atoms with E-state index in [4.69, 9.17) is 9.47 Å². The fourth-order valence-electron chi connectivity index (χ4n) is 2.77. The van der Waals surface area contributed by atoms with Gasteiger partial charge >= 0.3 is 5.97 Å². The van der Waals surface area contributed by atoms with Crippen LogP contribution in [0.1, 0.15) is 85.0 Å². The van der Waals surface area contributed by atoms with E-state index in [1.165, 1.54) is 51.0 Å². The number of rotatable bonds is 12. The summed E-state index contributed by atoms with van der Waals surface area (Å²) in [5.74, 6) is -0.645. The van der Waals surface area contributed by atoms with Crippen molar-refractivity contribution in [2.24, 2.45) is 0 Å². The molecule has 0 radical (unpaired) electrons. The molecule has 1 heterocycles. The Morgan fingerprint density at radius 3 is 2.21 bits per heavy atom. The van der Waals surface area contributed by atoms with E-state index in [-0.39, 0.29) is 12.1 Å². The lowest BCUT2D eigenvalue weighted by Gasteiger charge is -2.29. The highest BCUT2D eigenvalue weighted by Crippen LogP contribution is 2.22. The smallest absolute Gasteiger partial charge is 0.337 e. The minimum Gasteiger partial charge on any atom is -0.453 e. The van der Waals surface area contributed by atoms with Gasteiger partial charge in [-0.2, -0.15) is 0 Å². The zero-order chi connectivity index (χ0) is 17.8. The maximum Gasteiger partial charge on any atom is 0.337 e. The Balaban J connectivity index is 1.98. The Labute approximate surface area is 146 Å². The van der Waals surface area contributed by atoms with Crippen LogP contribution in [0.15, 0.2) is 24.0 Å². The first-order valence-electron chi connectivity index (χ1n) is 9.37. The predicted molar refractivity (Wildman–Crippen MR) is 96.3 cm³/mol. The third-order valence-corrected chi connectivity index (χ3v) is 3.99. The molecule has 0 aromatic carbocycles. The predicted octanol–water partition coefficient (Wildman–Crippen LogP) is 5.02. The SMILES string of the molecule is CC(O)CCCCCCCCCC/C=C/C1=CC(=O)OC(C)(C)O1. The van der Waals surface area contributed by atoms with Gasteiger partial charge in [-0.25, -0.2) is 4.79 Å². The highest BCUT2D eigenvalue weighted by atomic mass is 16.7. The fraction of sp³-hybridized carbons (Fsp3) is 0.750. The second-order valence-electron chi connectivity index (χ2n) is 7.13. The Bertz CT molecular complexity index is 421.